The molecule has 0 aliphatic heterocycles. The van der Waals surface area contributed by atoms with Crippen LogP contribution < -0.4 is 5.56 Å². The van der Waals surface area contributed by atoms with Crippen LogP contribution in [0.4, 0.5) is 4.39 Å². The molecule has 0 bridgehead atoms. The van der Waals surface area contributed by atoms with E-state index in [0.29, 0.717) is 22.5 Å². The Kier molecular flexibility index (Phi) is 3.44. The fourth-order valence-electron chi connectivity index (χ4n) is 2.38. The first-order chi connectivity index (χ1) is 9.32. The Bertz CT molecular complexity index is 762. The summed E-state index contributed by atoms with van der Waals surface area (Å²) in [7, 11) is 0. The second-order valence-corrected chi connectivity index (χ2v) is 4.70. The van der Waals surface area contributed by atoms with E-state index in [0.717, 1.165) is 0 Å². The first kappa shape index (κ1) is 14.0. The normalized spacial score (nSPS) is 10.6. The molecule has 0 aliphatic carbocycles. The van der Waals surface area contributed by atoms with Crippen molar-refractivity contribution in [3.63, 3.8) is 0 Å². The van der Waals surface area contributed by atoms with Gasteiger partial charge in [0.25, 0.3) is 5.56 Å². The van der Waals surface area contributed by atoms with E-state index in [9.17, 15) is 19.1 Å². The summed E-state index contributed by atoms with van der Waals surface area (Å²) in [6.45, 7) is 4.82. The van der Waals surface area contributed by atoms with Crippen LogP contribution in [-0.4, -0.2) is 15.6 Å². The molecule has 0 radical (unpaired) electrons. The van der Waals surface area contributed by atoms with E-state index in [2.05, 4.69) is 0 Å². The van der Waals surface area contributed by atoms with Gasteiger partial charge in [0.1, 0.15) is 5.82 Å². The second kappa shape index (κ2) is 4.92. The highest BCUT2D eigenvalue weighted by Gasteiger charge is 2.17. The molecule has 4 nitrogen and oxygen atoms in total. The third-order valence-corrected chi connectivity index (χ3v) is 3.27. The minimum Gasteiger partial charge on any atom is -0.478 e. The zero-order chi connectivity index (χ0) is 15.0. The van der Waals surface area contributed by atoms with Gasteiger partial charge in [0.15, 0.2) is 0 Å². The molecule has 0 atom stereocenters. The number of aromatic nitrogens is 1. The Labute approximate surface area is 115 Å². The zero-order valence-corrected chi connectivity index (χ0v) is 11.4. The summed E-state index contributed by atoms with van der Waals surface area (Å²) in [5.74, 6) is -1.49. The minimum absolute atomic E-state index is 0.0910. The van der Waals surface area contributed by atoms with Crippen LogP contribution >= 0.6 is 0 Å². The number of hydrogen-bond donors (Lipinski definition) is 1. The van der Waals surface area contributed by atoms with Crippen LogP contribution in [-0.2, 0) is 0 Å². The maximum Gasteiger partial charge on any atom is 0.337 e. The Morgan fingerprint density at radius 1 is 1.15 bits per heavy atom. The molecule has 0 aliphatic rings. The van der Waals surface area contributed by atoms with Crippen LogP contribution in [0.5, 0.6) is 0 Å². The molecule has 0 fully saturated rings. The number of carboxylic acid groups (broad SMARTS) is 1. The molecule has 1 aromatic carbocycles. The van der Waals surface area contributed by atoms with Crippen LogP contribution in [0.1, 0.15) is 27.2 Å². The highest BCUT2D eigenvalue weighted by atomic mass is 19.1. The summed E-state index contributed by atoms with van der Waals surface area (Å²) in [6, 6.07) is 5.30. The van der Waals surface area contributed by atoms with E-state index in [1.807, 2.05) is 0 Å². The van der Waals surface area contributed by atoms with Gasteiger partial charge in [-0.05, 0) is 50.1 Å². The molecule has 2 rings (SSSR count). The highest BCUT2D eigenvalue weighted by Crippen LogP contribution is 2.19. The number of nitrogens with zero attached hydrogens (tertiary/aromatic N) is 1. The largest absolute Gasteiger partial charge is 0.478 e. The predicted octanol–water partition coefficient (Wildman–Crippen LogP) is 2.60. The lowest BCUT2D eigenvalue weighted by atomic mass is 10.1. The molecule has 1 N–H and O–H groups in total. The van der Waals surface area contributed by atoms with Crippen molar-refractivity contribution in [3.8, 4) is 5.69 Å². The quantitative estimate of drug-likeness (QED) is 0.916. The summed E-state index contributed by atoms with van der Waals surface area (Å²) in [5.41, 5.74) is 1.55. The Morgan fingerprint density at radius 3 is 2.35 bits per heavy atom. The number of rotatable bonds is 2. The fourth-order valence-corrected chi connectivity index (χ4v) is 2.38. The van der Waals surface area contributed by atoms with Crippen molar-refractivity contribution in [1.29, 1.82) is 0 Å². The van der Waals surface area contributed by atoms with E-state index >= 15 is 0 Å². The van der Waals surface area contributed by atoms with Gasteiger partial charge in [0.2, 0.25) is 0 Å². The predicted molar refractivity (Wildman–Crippen MR) is 73.2 cm³/mol. The lowest BCUT2D eigenvalue weighted by Crippen LogP contribution is -2.24. The molecule has 2 aromatic rings. The van der Waals surface area contributed by atoms with Gasteiger partial charge in [-0.15, -0.1) is 0 Å². The number of benzene rings is 1. The SMILES string of the molecule is Cc1cc(F)ccc1-n1c(C)c(C(=O)O)c(C)cc1=O. The van der Waals surface area contributed by atoms with E-state index in [-0.39, 0.29) is 11.1 Å². The third-order valence-electron chi connectivity index (χ3n) is 3.27. The summed E-state index contributed by atoms with van der Waals surface area (Å²) in [6.07, 6.45) is 0. The van der Waals surface area contributed by atoms with E-state index in [1.165, 1.54) is 28.8 Å². The lowest BCUT2D eigenvalue weighted by molar-refractivity contribution is 0.0694. The van der Waals surface area contributed by atoms with E-state index in [1.54, 1.807) is 20.8 Å². The molecule has 0 saturated carbocycles. The number of halogens is 1. The van der Waals surface area contributed by atoms with Crippen molar-refractivity contribution in [2.75, 3.05) is 0 Å². The number of aryl methyl sites for hydroxylation is 2. The van der Waals surface area contributed by atoms with E-state index < -0.39 is 11.8 Å². The molecule has 0 saturated heterocycles. The van der Waals surface area contributed by atoms with Gasteiger partial charge >= 0.3 is 5.97 Å². The monoisotopic (exact) mass is 275 g/mol. The highest BCUT2D eigenvalue weighted by molar-refractivity contribution is 5.90. The van der Waals surface area contributed by atoms with Crippen molar-refractivity contribution in [2.45, 2.75) is 20.8 Å². The third kappa shape index (κ3) is 2.22. The summed E-state index contributed by atoms with van der Waals surface area (Å²) in [5, 5.41) is 9.25. The van der Waals surface area contributed by atoms with Crippen LogP contribution in [0.2, 0.25) is 0 Å². The maximum atomic E-state index is 13.2. The van der Waals surface area contributed by atoms with Crippen molar-refractivity contribution in [3.05, 3.63) is 62.8 Å². The fraction of sp³-hybridized carbons (Fsp3) is 0.200. The summed E-state index contributed by atoms with van der Waals surface area (Å²) >= 11 is 0. The Balaban J connectivity index is 2.84. The first-order valence-electron chi connectivity index (χ1n) is 6.06. The molecule has 20 heavy (non-hydrogen) atoms. The van der Waals surface area contributed by atoms with Crippen LogP contribution in [0, 0.1) is 26.6 Å². The smallest absolute Gasteiger partial charge is 0.337 e. The van der Waals surface area contributed by atoms with Gasteiger partial charge in [-0.2, -0.15) is 0 Å². The molecule has 5 heteroatoms. The number of pyridine rings is 1. The summed E-state index contributed by atoms with van der Waals surface area (Å²) < 4.78 is 14.5. The van der Waals surface area contributed by atoms with Crippen molar-refractivity contribution >= 4 is 5.97 Å². The van der Waals surface area contributed by atoms with Gasteiger partial charge < -0.3 is 5.11 Å². The van der Waals surface area contributed by atoms with Crippen molar-refractivity contribution in [2.24, 2.45) is 0 Å². The number of carbonyl (C=O) groups is 1. The standard InChI is InChI=1S/C15H14FNO3/c1-8-6-11(16)4-5-12(8)17-10(3)14(15(19)20)9(2)7-13(17)18/h4-7H,1-3H3,(H,19,20). The first-order valence-corrected chi connectivity index (χ1v) is 6.06. The molecular weight excluding hydrogens is 261 g/mol. The van der Waals surface area contributed by atoms with Gasteiger partial charge in [-0.1, -0.05) is 0 Å². The molecule has 0 unspecified atom stereocenters. The van der Waals surface area contributed by atoms with Gasteiger partial charge in [0, 0.05) is 11.8 Å². The Hall–Kier alpha value is -2.43. The van der Waals surface area contributed by atoms with Crippen molar-refractivity contribution < 1.29 is 14.3 Å². The molecule has 1 aromatic heterocycles. The number of carboxylic acids is 1. The minimum atomic E-state index is -1.09. The van der Waals surface area contributed by atoms with Gasteiger partial charge in [0.05, 0.1) is 11.3 Å². The molecular formula is C15H14FNO3. The average molecular weight is 275 g/mol. The molecule has 0 amide bonds. The van der Waals surface area contributed by atoms with Crippen LogP contribution in [0.3, 0.4) is 0 Å². The summed E-state index contributed by atoms with van der Waals surface area (Å²) in [4.78, 5) is 23.5. The lowest BCUT2D eigenvalue weighted by Gasteiger charge is -2.16. The molecule has 1 heterocycles. The van der Waals surface area contributed by atoms with E-state index in [4.69, 9.17) is 0 Å². The number of aromatic carboxylic acids is 1. The second-order valence-electron chi connectivity index (χ2n) is 4.70. The maximum absolute atomic E-state index is 13.2. The van der Waals surface area contributed by atoms with Crippen molar-refractivity contribution in [1.82, 2.24) is 4.57 Å². The molecule has 0 spiro atoms. The van der Waals surface area contributed by atoms with Gasteiger partial charge in [-0.25, -0.2) is 9.18 Å². The van der Waals surface area contributed by atoms with Crippen LogP contribution in [0.15, 0.2) is 29.1 Å². The average Bonchev–Trinajstić information content (AvgIpc) is 2.30. The molecule has 104 valence electrons. The topological polar surface area (TPSA) is 59.3 Å². The zero-order valence-electron chi connectivity index (χ0n) is 11.4. The van der Waals surface area contributed by atoms with Gasteiger partial charge in [-0.3, -0.25) is 9.36 Å². The number of hydrogen-bond acceptors (Lipinski definition) is 2. The Morgan fingerprint density at radius 2 is 1.80 bits per heavy atom. The van der Waals surface area contributed by atoms with Crippen LogP contribution in [0.25, 0.3) is 5.69 Å².